The number of nitrogen functional groups attached to an aromatic ring is 1. The summed E-state index contributed by atoms with van der Waals surface area (Å²) in [6.45, 7) is 6.12. The van der Waals surface area contributed by atoms with E-state index in [1.54, 1.807) is 23.1 Å². The number of amides is 1. The lowest BCUT2D eigenvalue weighted by molar-refractivity contribution is -0.137. The Morgan fingerprint density at radius 3 is 2.52 bits per heavy atom. The average Bonchev–Trinajstić information content (AvgIpc) is 3.33. The van der Waals surface area contributed by atoms with Crippen LogP contribution in [0, 0.1) is 12.3 Å². The number of benzene rings is 1. The van der Waals surface area contributed by atoms with Crippen LogP contribution in [0.15, 0.2) is 42.6 Å². The van der Waals surface area contributed by atoms with Gasteiger partial charge in [0, 0.05) is 23.2 Å². The van der Waals surface area contributed by atoms with Crippen molar-refractivity contribution in [1.82, 2.24) is 14.9 Å². The number of nitrogens with two attached hydrogens (primary N) is 1. The van der Waals surface area contributed by atoms with Crippen molar-refractivity contribution in [2.24, 2.45) is 5.41 Å². The smallest absolute Gasteiger partial charge is 0.383 e. The molecular formula is C23H23F3N4O. The molecule has 2 heterocycles. The summed E-state index contributed by atoms with van der Waals surface area (Å²) in [5.74, 6) is 0.259. The van der Waals surface area contributed by atoms with Gasteiger partial charge in [-0.3, -0.25) is 9.78 Å². The van der Waals surface area contributed by atoms with Gasteiger partial charge in [-0.15, -0.1) is 0 Å². The van der Waals surface area contributed by atoms with Gasteiger partial charge in [0.2, 0.25) is 0 Å². The normalized spacial score (nSPS) is 17.5. The molecule has 1 saturated carbocycles. The lowest BCUT2D eigenvalue weighted by Crippen LogP contribution is -2.35. The van der Waals surface area contributed by atoms with Gasteiger partial charge in [0.05, 0.1) is 23.3 Å². The summed E-state index contributed by atoms with van der Waals surface area (Å²) in [6, 6.07) is 9.44. The van der Waals surface area contributed by atoms with E-state index in [9.17, 15) is 18.0 Å². The molecule has 5 nitrogen and oxygen atoms in total. The van der Waals surface area contributed by atoms with Gasteiger partial charge in [0.1, 0.15) is 5.82 Å². The van der Waals surface area contributed by atoms with Crippen molar-refractivity contribution in [3.8, 4) is 0 Å². The fraction of sp³-hybridized carbons (Fsp3) is 0.348. The number of alkyl halides is 3. The number of aryl methyl sites for hydroxylation is 1. The van der Waals surface area contributed by atoms with Crippen LogP contribution in [0.3, 0.4) is 0 Å². The molecule has 1 aromatic carbocycles. The van der Waals surface area contributed by atoms with E-state index < -0.39 is 11.7 Å². The molecule has 2 aromatic heterocycles. The minimum Gasteiger partial charge on any atom is -0.383 e. The summed E-state index contributed by atoms with van der Waals surface area (Å²) >= 11 is 0. The molecule has 162 valence electrons. The SMILES string of the molecule is Cc1cc2cc(C(=O)N(Cc3ccc(C(F)(F)F)cn3)C3CC3(C)C)ccc2nc1N. The lowest BCUT2D eigenvalue weighted by atomic mass is 10.1. The lowest BCUT2D eigenvalue weighted by Gasteiger charge is -2.25. The Morgan fingerprint density at radius 2 is 1.94 bits per heavy atom. The Kier molecular flexibility index (Phi) is 4.91. The highest BCUT2D eigenvalue weighted by Gasteiger charge is 2.51. The molecule has 8 heteroatoms. The number of carbonyl (C=O) groups excluding carboxylic acids is 1. The monoisotopic (exact) mass is 428 g/mol. The molecular weight excluding hydrogens is 405 g/mol. The predicted molar refractivity (Wildman–Crippen MR) is 112 cm³/mol. The van der Waals surface area contributed by atoms with Crippen molar-refractivity contribution < 1.29 is 18.0 Å². The number of nitrogens with zero attached hydrogens (tertiary/aromatic N) is 3. The van der Waals surface area contributed by atoms with Crippen molar-refractivity contribution in [3.63, 3.8) is 0 Å². The van der Waals surface area contributed by atoms with Crippen LogP contribution in [-0.4, -0.2) is 26.8 Å². The maximum absolute atomic E-state index is 13.4. The fourth-order valence-corrected chi connectivity index (χ4v) is 3.75. The first-order valence-electron chi connectivity index (χ1n) is 9.96. The van der Waals surface area contributed by atoms with E-state index in [1.165, 1.54) is 6.07 Å². The second kappa shape index (κ2) is 7.21. The quantitative estimate of drug-likeness (QED) is 0.636. The van der Waals surface area contributed by atoms with Crippen molar-refractivity contribution in [2.45, 2.75) is 46.0 Å². The Morgan fingerprint density at radius 1 is 1.23 bits per heavy atom. The Bertz CT molecular complexity index is 1160. The van der Waals surface area contributed by atoms with Crippen LogP contribution in [0.2, 0.25) is 0 Å². The van der Waals surface area contributed by atoms with Gasteiger partial charge >= 0.3 is 6.18 Å². The summed E-state index contributed by atoms with van der Waals surface area (Å²) in [4.78, 5) is 23.4. The maximum atomic E-state index is 13.4. The van der Waals surface area contributed by atoms with Crippen LogP contribution in [0.4, 0.5) is 19.0 Å². The molecule has 0 radical (unpaired) electrons. The van der Waals surface area contributed by atoms with Crippen molar-refractivity contribution in [3.05, 3.63) is 65.0 Å². The van der Waals surface area contributed by atoms with Crippen molar-refractivity contribution in [2.75, 3.05) is 5.73 Å². The predicted octanol–water partition coefficient (Wildman–Crippen LogP) is 4.98. The standard InChI is InChI=1S/C23H23F3N4O/c1-13-8-15-9-14(4-7-18(15)29-20(13)27)21(31)30(19-10-22(19,2)3)12-17-6-5-16(11-28-17)23(24,25)26/h4-9,11,19H,10,12H2,1-3H3,(H2,27,29). The third-order valence-electron chi connectivity index (χ3n) is 5.87. The summed E-state index contributed by atoms with van der Waals surface area (Å²) in [6.07, 6.45) is -2.81. The molecule has 4 rings (SSSR count). The topological polar surface area (TPSA) is 72.1 Å². The van der Waals surface area contributed by atoms with Crippen LogP contribution >= 0.6 is 0 Å². The van der Waals surface area contributed by atoms with Gasteiger partial charge < -0.3 is 10.6 Å². The van der Waals surface area contributed by atoms with E-state index in [-0.39, 0.29) is 23.9 Å². The molecule has 1 fully saturated rings. The maximum Gasteiger partial charge on any atom is 0.417 e. The minimum atomic E-state index is -4.44. The van der Waals surface area contributed by atoms with E-state index in [4.69, 9.17) is 5.73 Å². The molecule has 3 aromatic rings. The Labute approximate surface area is 178 Å². The number of rotatable bonds is 4. The number of hydrogen-bond acceptors (Lipinski definition) is 4. The highest BCUT2D eigenvalue weighted by Crippen LogP contribution is 2.49. The van der Waals surface area contributed by atoms with E-state index in [1.807, 2.05) is 13.0 Å². The fourth-order valence-electron chi connectivity index (χ4n) is 3.75. The van der Waals surface area contributed by atoms with E-state index in [2.05, 4.69) is 23.8 Å². The Balaban J connectivity index is 1.64. The third-order valence-corrected chi connectivity index (χ3v) is 5.87. The number of carbonyl (C=O) groups is 1. The second-order valence-electron chi connectivity index (χ2n) is 8.78. The van der Waals surface area contributed by atoms with Crippen LogP contribution in [0.5, 0.6) is 0 Å². The first-order valence-corrected chi connectivity index (χ1v) is 9.96. The second-order valence-corrected chi connectivity index (χ2v) is 8.78. The van der Waals surface area contributed by atoms with Crippen molar-refractivity contribution >= 4 is 22.6 Å². The number of pyridine rings is 2. The molecule has 1 amide bonds. The molecule has 1 aliphatic carbocycles. The van der Waals surface area contributed by atoms with E-state index >= 15 is 0 Å². The highest BCUT2D eigenvalue weighted by molar-refractivity contribution is 5.98. The van der Waals surface area contributed by atoms with Gasteiger partial charge in [-0.25, -0.2) is 4.98 Å². The molecule has 1 atom stereocenters. The highest BCUT2D eigenvalue weighted by atomic mass is 19.4. The van der Waals surface area contributed by atoms with Crippen LogP contribution < -0.4 is 5.73 Å². The first-order chi connectivity index (χ1) is 14.5. The third kappa shape index (κ3) is 4.19. The zero-order chi connectivity index (χ0) is 22.6. The number of aromatic nitrogens is 2. The average molecular weight is 428 g/mol. The van der Waals surface area contributed by atoms with E-state index in [0.29, 0.717) is 22.6 Å². The van der Waals surface area contributed by atoms with Crippen LogP contribution in [0.1, 0.15) is 47.4 Å². The van der Waals surface area contributed by atoms with Gasteiger partial charge in [0.25, 0.3) is 5.91 Å². The number of halogens is 3. The number of anilines is 1. The molecule has 0 aliphatic heterocycles. The Hall–Kier alpha value is -3.16. The number of fused-ring (bicyclic) bond motifs is 1. The largest absolute Gasteiger partial charge is 0.417 e. The van der Waals surface area contributed by atoms with Crippen LogP contribution in [0.25, 0.3) is 10.9 Å². The summed E-state index contributed by atoms with van der Waals surface area (Å²) < 4.78 is 38.5. The molecule has 2 N–H and O–H groups in total. The number of hydrogen-bond donors (Lipinski definition) is 1. The minimum absolute atomic E-state index is 0.00827. The summed E-state index contributed by atoms with van der Waals surface area (Å²) in [7, 11) is 0. The molecule has 1 aliphatic rings. The van der Waals surface area contributed by atoms with Gasteiger partial charge in [-0.05, 0) is 60.7 Å². The van der Waals surface area contributed by atoms with Crippen molar-refractivity contribution in [1.29, 1.82) is 0 Å². The molecule has 0 bridgehead atoms. The summed E-state index contributed by atoms with van der Waals surface area (Å²) in [5.41, 5.74) is 7.44. The zero-order valence-electron chi connectivity index (χ0n) is 17.5. The molecule has 0 saturated heterocycles. The molecule has 1 unspecified atom stereocenters. The molecule has 31 heavy (non-hydrogen) atoms. The van der Waals surface area contributed by atoms with Gasteiger partial charge in [-0.1, -0.05) is 13.8 Å². The zero-order valence-corrected chi connectivity index (χ0v) is 17.5. The van der Waals surface area contributed by atoms with Gasteiger partial charge in [0.15, 0.2) is 0 Å². The first kappa shape index (κ1) is 21.1. The summed E-state index contributed by atoms with van der Waals surface area (Å²) in [5, 5.41) is 0.806. The van der Waals surface area contributed by atoms with Gasteiger partial charge in [-0.2, -0.15) is 13.2 Å². The van der Waals surface area contributed by atoms with Crippen LogP contribution in [-0.2, 0) is 12.7 Å². The van der Waals surface area contributed by atoms with E-state index in [0.717, 1.165) is 29.6 Å². The molecule has 0 spiro atoms.